The Hall–Kier alpha value is -0.990. The Morgan fingerprint density at radius 1 is 1.50 bits per heavy atom. The molecule has 0 aromatic carbocycles. The molecular weight excluding hydrogens is 152 g/mol. The zero-order chi connectivity index (χ0) is 8.97. The summed E-state index contributed by atoms with van der Waals surface area (Å²) in [7, 11) is 0. The van der Waals surface area contributed by atoms with Crippen LogP contribution in [0, 0.1) is 0 Å². The summed E-state index contributed by atoms with van der Waals surface area (Å²) in [6, 6.07) is 0.395. The zero-order valence-corrected chi connectivity index (χ0v) is 7.68. The van der Waals surface area contributed by atoms with Crippen LogP contribution in [0.25, 0.3) is 0 Å². The van der Waals surface area contributed by atoms with Crippen molar-refractivity contribution in [3.63, 3.8) is 0 Å². The zero-order valence-electron chi connectivity index (χ0n) is 7.68. The van der Waals surface area contributed by atoms with E-state index in [2.05, 4.69) is 10.6 Å². The predicted octanol–water partition coefficient (Wildman–Crippen LogP) is 1.41. The molecule has 3 heteroatoms. The van der Waals surface area contributed by atoms with Crippen LogP contribution in [0.2, 0.25) is 0 Å². The van der Waals surface area contributed by atoms with Crippen LogP contribution in [0.3, 0.4) is 0 Å². The van der Waals surface area contributed by atoms with Gasteiger partial charge in [0.2, 0.25) is 0 Å². The summed E-state index contributed by atoms with van der Waals surface area (Å²) in [6.45, 7) is 4.65. The maximum Gasteiger partial charge on any atom is 0.315 e. The molecule has 12 heavy (non-hydrogen) atoms. The molecule has 1 aliphatic carbocycles. The fraction of sp³-hybridized carbons (Fsp3) is 0.667. The number of hydrogen-bond acceptors (Lipinski definition) is 1. The van der Waals surface area contributed by atoms with E-state index >= 15 is 0 Å². The fourth-order valence-electron chi connectivity index (χ4n) is 0.812. The van der Waals surface area contributed by atoms with Gasteiger partial charge in [-0.3, -0.25) is 0 Å². The van der Waals surface area contributed by atoms with E-state index in [1.165, 1.54) is 5.57 Å². The second kappa shape index (κ2) is 4.14. The van der Waals surface area contributed by atoms with Gasteiger partial charge in [-0.15, -0.1) is 0 Å². The van der Waals surface area contributed by atoms with Gasteiger partial charge in [0, 0.05) is 12.6 Å². The first-order chi connectivity index (χ1) is 5.68. The summed E-state index contributed by atoms with van der Waals surface area (Å²) < 4.78 is 0. The standard InChI is InChI=1S/C9H16N2O/c1-7(2)5-6-10-9(12)11-8-3-4-8/h5,8H,3-4,6H2,1-2H3,(H2,10,11,12). The van der Waals surface area contributed by atoms with Crippen LogP contribution in [0.15, 0.2) is 11.6 Å². The molecule has 1 saturated carbocycles. The smallest absolute Gasteiger partial charge is 0.315 e. The number of carbonyl (C=O) groups excluding carboxylic acids is 1. The summed E-state index contributed by atoms with van der Waals surface area (Å²) in [5, 5.41) is 5.61. The molecule has 2 N–H and O–H groups in total. The first-order valence-corrected chi connectivity index (χ1v) is 4.36. The third kappa shape index (κ3) is 4.01. The number of carbonyl (C=O) groups is 1. The van der Waals surface area contributed by atoms with Crippen molar-refractivity contribution in [2.75, 3.05) is 6.54 Å². The number of allylic oxidation sites excluding steroid dienone is 1. The quantitative estimate of drug-likeness (QED) is 0.615. The molecule has 3 nitrogen and oxygen atoms in total. The molecule has 0 unspecified atom stereocenters. The van der Waals surface area contributed by atoms with Crippen molar-refractivity contribution in [2.24, 2.45) is 0 Å². The maximum absolute atomic E-state index is 11.0. The number of nitrogens with one attached hydrogen (secondary N) is 2. The average molecular weight is 168 g/mol. The van der Waals surface area contributed by atoms with Gasteiger partial charge < -0.3 is 10.6 Å². The molecule has 0 aromatic rings. The van der Waals surface area contributed by atoms with Crippen molar-refractivity contribution in [1.29, 1.82) is 0 Å². The Labute approximate surface area is 73.2 Å². The van der Waals surface area contributed by atoms with E-state index in [0.717, 1.165) is 12.8 Å². The molecule has 0 spiro atoms. The fourth-order valence-corrected chi connectivity index (χ4v) is 0.812. The Morgan fingerprint density at radius 3 is 2.67 bits per heavy atom. The largest absolute Gasteiger partial charge is 0.335 e. The summed E-state index contributed by atoms with van der Waals surface area (Å²) in [5.74, 6) is 0. The highest BCUT2D eigenvalue weighted by atomic mass is 16.2. The maximum atomic E-state index is 11.0. The van der Waals surface area contributed by atoms with Crippen LogP contribution in [0.4, 0.5) is 4.79 Å². The van der Waals surface area contributed by atoms with Gasteiger partial charge in [0.25, 0.3) is 0 Å². The molecule has 0 saturated heterocycles. The first kappa shape index (κ1) is 9.10. The molecule has 1 rings (SSSR count). The van der Waals surface area contributed by atoms with Crippen molar-refractivity contribution < 1.29 is 4.79 Å². The monoisotopic (exact) mass is 168 g/mol. The van der Waals surface area contributed by atoms with Crippen molar-refractivity contribution in [3.8, 4) is 0 Å². The molecule has 0 heterocycles. The average Bonchev–Trinajstić information content (AvgIpc) is 2.70. The lowest BCUT2D eigenvalue weighted by Gasteiger charge is -2.03. The van der Waals surface area contributed by atoms with E-state index in [1.54, 1.807) is 0 Å². The van der Waals surface area contributed by atoms with Gasteiger partial charge in [-0.2, -0.15) is 0 Å². The van der Waals surface area contributed by atoms with E-state index in [4.69, 9.17) is 0 Å². The summed E-state index contributed by atoms with van der Waals surface area (Å²) in [6.07, 6.45) is 4.26. The second-order valence-electron chi connectivity index (χ2n) is 3.41. The van der Waals surface area contributed by atoms with Crippen LogP contribution < -0.4 is 10.6 Å². The Balaban J connectivity index is 2.05. The van der Waals surface area contributed by atoms with Gasteiger partial charge in [-0.05, 0) is 26.7 Å². The van der Waals surface area contributed by atoms with E-state index < -0.39 is 0 Å². The first-order valence-electron chi connectivity index (χ1n) is 4.36. The van der Waals surface area contributed by atoms with Crippen molar-refractivity contribution >= 4 is 6.03 Å². The molecule has 1 aliphatic rings. The third-order valence-electron chi connectivity index (χ3n) is 1.69. The molecule has 0 aromatic heterocycles. The normalized spacial score (nSPS) is 15.2. The molecule has 1 fully saturated rings. The van der Waals surface area contributed by atoms with Crippen LogP contribution in [-0.2, 0) is 0 Å². The van der Waals surface area contributed by atoms with Crippen LogP contribution in [0.5, 0.6) is 0 Å². The van der Waals surface area contributed by atoms with E-state index in [0.29, 0.717) is 12.6 Å². The van der Waals surface area contributed by atoms with Crippen LogP contribution >= 0.6 is 0 Å². The molecule has 68 valence electrons. The highest BCUT2D eigenvalue weighted by molar-refractivity contribution is 5.74. The van der Waals surface area contributed by atoms with Gasteiger partial charge >= 0.3 is 6.03 Å². The molecule has 2 amide bonds. The highest BCUT2D eigenvalue weighted by Crippen LogP contribution is 2.18. The minimum absolute atomic E-state index is 0.0463. The number of amides is 2. The van der Waals surface area contributed by atoms with Gasteiger partial charge in [-0.1, -0.05) is 11.6 Å². The van der Waals surface area contributed by atoms with Gasteiger partial charge in [-0.25, -0.2) is 4.79 Å². The topological polar surface area (TPSA) is 41.1 Å². The van der Waals surface area contributed by atoms with Gasteiger partial charge in [0.15, 0.2) is 0 Å². The Morgan fingerprint density at radius 2 is 2.17 bits per heavy atom. The van der Waals surface area contributed by atoms with E-state index in [-0.39, 0.29) is 6.03 Å². The lowest BCUT2D eigenvalue weighted by Crippen LogP contribution is -2.36. The number of rotatable bonds is 3. The van der Waals surface area contributed by atoms with Crippen LogP contribution in [0.1, 0.15) is 26.7 Å². The molecule has 0 aliphatic heterocycles. The second-order valence-corrected chi connectivity index (χ2v) is 3.41. The van der Waals surface area contributed by atoms with Gasteiger partial charge in [0.1, 0.15) is 0 Å². The van der Waals surface area contributed by atoms with Gasteiger partial charge in [0.05, 0.1) is 0 Å². The Kier molecular flexibility index (Phi) is 3.14. The molecular formula is C9H16N2O. The predicted molar refractivity (Wildman–Crippen MR) is 49.0 cm³/mol. The van der Waals surface area contributed by atoms with E-state index in [9.17, 15) is 4.79 Å². The van der Waals surface area contributed by atoms with Crippen molar-refractivity contribution in [2.45, 2.75) is 32.7 Å². The number of urea groups is 1. The van der Waals surface area contributed by atoms with E-state index in [1.807, 2.05) is 19.9 Å². The summed E-state index contributed by atoms with van der Waals surface area (Å²) in [4.78, 5) is 11.0. The minimum atomic E-state index is -0.0463. The molecule has 0 radical (unpaired) electrons. The number of hydrogen-bond donors (Lipinski definition) is 2. The lowest BCUT2D eigenvalue weighted by molar-refractivity contribution is 0.241. The lowest BCUT2D eigenvalue weighted by atomic mass is 10.3. The highest BCUT2D eigenvalue weighted by Gasteiger charge is 2.22. The van der Waals surface area contributed by atoms with Crippen molar-refractivity contribution in [3.05, 3.63) is 11.6 Å². The summed E-state index contributed by atoms with van der Waals surface area (Å²) >= 11 is 0. The summed E-state index contributed by atoms with van der Waals surface area (Å²) in [5.41, 5.74) is 1.22. The minimum Gasteiger partial charge on any atom is -0.335 e. The Bertz CT molecular complexity index is 191. The van der Waals surface area contributed by atoms with Crippen LogP contribution in [-0.4, -0.2) is 18.6 Å². The SMILES string of the molecule is CC(C)=CCNC(=O)NC1CC1. The van der Waals surface area contributed by atoms with Crippen molar-refractivity contribution in [1.82, 2.24) is 10.6 Å². The third-order valence-corrected chi connectivity index (χ3v) is 1.69. The molecule has 0 atom stereocenters. The molecule has 0 bridgehead atoms.